The summed E-state index contributed by atoms with van der Waals surface area (Å²) in [5, 5.41) is 2.97. The first-order chi connectivity index (χ1) is 61.1. The van der Waals surface area contributed by atoms with Crippen molar-refractivity contribution >= 4 is 29.8 Å². The van der Waals surface area contributed by atoms with Crippen molar-refractivity contribution in [3.05, 3.63) is 166 Å². The van der Waals surface area contributed by atoms with E-state index < -0.39 is 43.0 Å². The highest BCUT2D eigenvalue weighted by Crippen LogP contribution is 2.46. The van der Waals surface area contributed by atoms with Crippen LogP contribution in [-0.4, -0.2) is 185 Å². The standard InChI is InChI=1S/C32H56O3.C28H36O7.C23H35NO6.C22H34O5/c1-23(2)13-10-14-24(3)15-11-16-25(4)17-12-19-32(8)20-18-29-28(7)30(34-22-21-33-9)26(5)27(6)31(29)35-32;1-20-21(2)25(35-27(30)23-15-9-5-10-16-23)28(32-18-12-6-11-17-31-3)34-24(20)19-33-26(29)22-13-7-4-8-14-22;1-16-17(2)21(24-18(3)25)23(28-14-10-6-9-13-27-4)30-20(16)15-29-22(26)19-11-7-5-8-12-19;1-5-19-16(2)17(3)20(27-21(23)18-12-8-6-9-13-18)22(26-19)25-15-11-7-10-14-24-4/h23-25H,10-22H2,1-9H3;4-5,7-10,13-16,20-21,24-25,28H,6,11-12,17-19H2,1-3H3;5,7-8,11-12,16-17,20-21,23H,6,9-10,13-15H2,1-4H3,(H,24,25);6,8-9,12-13,16-17,19-20,22H,5,7,10-11,14-15H2,1-4H3/t24-,25-,32-;20-,21+,24?,25?,28-;16-,17+,20?,21?,23-;16-,17-,19?,20?,22-/m1110/s1. The number of rotatable bonds is 49. The molecule has 0 spiro atoms. The molecule has 5 aromatic rings. The summed E-state index contributed by atoms with van der Waals surface area (Å²) in [5.74, 6) is 3.57. The summed E-state index contributed by atoms with van der Waals surface area (Å²) < 4.78 is 92.7. The molecule has 22 nitrogen and oxygen atoms in total. The molecule has 9 rings (SSSR count). The van der Waals surface area contributed by atoms with E-state index in [0.29, 0.717) is 67.8 Å². The topological polar surface area (TPSA) is 245 Å². The molecule has 1 N–H and O–H groups in total. The van der Waals surface area contributed by atoms with Gasteiger partial charge in [-0.05, 0) is 224 Å². The quantitative estimate of drug-likeness (QED) is 0.0216. The maximum Gasteiger partial charge on any atom is 0.338 e. The summed E-state index contributed by atoms with van der Waals surface area (Å²) >= 11 is 0. The van der Waals surface area contributed by atoms with Crippen LogP contribution in [0.4, 0.5) is 0 Å². The van der Waals surface area contributed by atoms with Crippen molar-refractivity contribution in [2.75, 3.05) is 94.5 Å². The molecule has 712 valence electrons. The summed E-state index contributed by atoms with van der Waals surface area (Å²) in [6.07, 6.45) is 20.3. The van der Waals surface area contributed by atoms with Gasteiger partial charge in [-0.2, -0.15) is 0 Å². The molecule has 22 heteroatoms. The Morgan fingerprint density at radius 2 is 0.803 bits per heavy atom. The average Bonchev–Trinajstić information content (AvgIpc) is 0.754. The van der Waals surface area contributed by atoms with Gasteiger partial charge in [0.05, 0.1) is 53.2 Å². The van der Waals surface area contributed by atoms with Gasteiger partial charge >= 0.3 is 23.9 Å². The number of carbonyl (C=O) groups is 5. The number of ether oxygens (including phenoxy) is 16. The fourth-order valence-electron chi connectivity index (χ4n) is 16.9. The molecular weight excluding hydrogens is 1610 g/mol. The second kappa shape index (κ2) is 59.9. The van der Waals surface area contributed by atoms with Crippen LogP contribution >= 0.6 is 0 Å². The third-order valence-corrected chi connectivity index (χ3v) is 25.9. The second-order valence-electron chi connectivity index (χ2n) is 36.4. The van der Waals surface area contributed by atoms with Crippen LogP contribution in [0.3, 0.4) is 0 Å². The van der Waals surface area contributed by atoms with E-state index in [1.165, 1.54) is 80.5 Å². The van der Waals surface area contributed by atoms with Crippen LogP contribution in [0.15, 0.2) is 121 Å². The van der Waals surface area contributed by atoms with E-state index in [0.717, 1.165) is 126 Å². The van der Waals surface area contributed by atoms with Gasteiger partial charge in [0.1, 0.15) is 36.9 Å². The molecule has 0 bridgehead atoms. The zero-order valence-corrected chi connectivity index (χ0v) is 80.9. The third kappa shape index (κ3) is 37.4. The molecule has 0 aromatic heterocycles. The molecule has 0 saturated carbocycles. The molecule has 18 atom stereocenters. The molecule has 4 aliphatic heterocycles. The Balaban J connectivity index is 0.000000263. The zero-order valence-electron chi connectivity index (χ0n) is 80.9. The molecule has 5 aromatic carbocycles. The Hall–Kier alpha value is -7.35. The van der Waals surface area contributed by atoms with Crippen molar-refractivity contribution in [2.45, 2.75) is 307 Å². The molecule has 3 fully saturated rings. The van der Waals surface area contributed by atoms with Gasteiger partial charge in [0.2, 0.25) is 5.91 Å². The second-order valence-corrected chi connectivity index (χ2v) is 36.4. The highest BCUT2D eigenvalue weighted by atomic mass is 16.7. The van der Waals surface area contributed by atoms with Gasteiger partial charge in [-0.15, -0.1) is 0 Å². The predicted molar refractivity (Wildman–Crippen MR) is 499 cm³/mol. The van der Waals surface area contributed by atoms with Crippen molar-refractivity contribution in [1.82, 2.24) is 5.32 Å². The fourth-order valence-corrected chi connectivity index (χ4v) is 16.9. The molecule has 6 unspecified atom stereocenters. The Bertz CT molecular complexity index is 3850. The zero-order chi connectivity index (χ0) is 92.6. The number of unbranched alkanes of at least 4 members (excludes halogenated alkanes) is 6. The minimum absolute atomic E-state index is 0.0336. The van der Waals surface area contributed by atoms with Gasteiger partial charge in [0.25, 0.3) is 0 Å². The summed E-state index contributed by atoms with van der Waals surface area (Å²) in [6, 6.07) is 35.5. The van der Waals surface area contributed by atoms with Crippen LogP contribution in [0.25, 0.3) is 0 Å². The number of methoxy groups -OCH3 is 4. The van der Waals surface area contributed by atoms with Crippen LogP contribution < -0.4 is 14.8 Å². The van der Waals surface area contributed by atoms with Crippen LogP contribution in [0, 0.1) is 74.0 Å². The maximum absolute atomic E-state index is 12.8. The summed E-state index contributed by atoms with van der Waals surface area (Å²) in [7, 11) is 6.81. The van der Waals surface area contributed by atoms with Crippen molar-refractivity contribution in [3.8, 4) is 11.5 Å². The lowest BCUT2D eigenvalue weighted by Crippen LogP contribution is -2.58. The van der Waals surface area contributed by atoms with Gasteiger partial charge in [0.15, 0.2) is 31.1 Å². The Labute approximate surface area is 762 Å². The fraction of sp³-hybridized carbons (Fsp3) is 0.667. The van der Waals surface area contributed by atoms with Crippen molar-refractivity contribution in [1.29, 1.82) is 0 Å². The highest BCUT2D eigenvalue weighted by Gasteiger charge is 2.47. The molecule has 0 radical (unpaired) electrons. The number of benzene rings is 5. The van der Waals surface area contributed by atoms with Crippen molar-refractivity contribution < 1.29 is 99.8 Å². The van der Waals surface area contributed by atoms with Gasteiger partial charge < -0.3 is 81.1 Å². The molecule has 3 saturated heterocycles. The SMILES string of the molecule is CCC1O[C@H](OCCCCCOC)C(OC(=O)c2ccccc2)[C@@H](C)[C@@H]1C.COCCCCCO[C@@H]1OC(COC(=O)c2ccccc2)[C@H](C)[C@H](C)C1NC(C)=O.COCCCCCO[C@@H]1OC(COC(=O)c2ccccc2)[C@H](C)[C@H](C)C1OC(=O)c1ccccc1.COCCOc1c(C)c(C)c2c(c1C)CC[C@@](C)(CCC[C@H](C)CCC[C@H](C)CCCC(C)C)O2. The first-order valence-electron chi connectivity index (χ1n) is 47.6. The monoisotopic (exact) mass is 1770 g/mol. The summed E-state index contributed by atoms with van der Waals surface area (Å²) in [6.45, 7) is 39.7. The first kappa shape index (κ1) is 108. The minimum atomic E-state index is -0.753. The highest BCUT2D eigenvalue weighted by molar-refractivity contribution is 5.91. The smallest absolute Gasteiger partial charge is 0.338 e. The predicted octanol–water partition coefficient (Wildman–Crippen LogP) is 21.7. The number of esters is 4. The Morgan fingerprint density at radius 3 is 1.22 bits per heavy atom. The van der Waals surface area contributed by atoms with E-state index >= 15 is 0 Å². The van der Waals surface area contributed by atoms with Crippen molar-refractivity contribution in [2.24, 2.45) is 53.3 Å². The molecule has 0 aliphatic carbocycles. The van der Waals surface area contributed by atoms with Crippen LogP contribution in [0.1, 0.15) is 282 Å². The number of amides is 1. The van der Waals surface area contributed by atoms with Crippen molar-refractivity contribution in [3.63, 3.8) is 0 Å². The third-order valence-electron chi connectivity index (χ3n) is 25.9. The molecule has 4 aliphatic rings. The van der Waals surface area contributed by atoms with E-state index in [1.807, 2.05) is 57.2 Å². The van der Waals surface area contributed by atoms with Crippen LogP contribution in [0.2, 0.25) is 0 Å². The van der Waals surface area contributed by atoms with E-state index in [1.54, 1.807) is 113 Å². The lowest BCUT2D eigenvalue weighted by Gasteiger charge is -2.44. The van der Waals surface area contributed by atoms with E-state index in [-0.39, 0.29) is 90.6 Å². The van der Waals surface area contributed by atoms with Gasteiger partial charge in [0, 0.05) is 92.4 Å². The number of hydrogen-bond acceptors (Lipinski definition) is 21. The van der Waals surface area contributed by atoms with Crippen LogP contribution in [0.5, 0.6) is 11.5 Å². The summed E-state index contributed by atoms with van der Waals surface area (Å²) in [4.78, 5) is 61.8. The maximum atomic E-state index is 12.8. The Kier molecular flexibility index (Phi) is 51.1. The molecule has 127 heavy (non-hydrogen) atoms. The average molecular weight is 1770 g/mol. The number of hydrogen-bond donors (Lipinski definition) is 1. The molecule has 4 heterocycles. The molecular formula is C105H161NO21. The summed E-state index contributed by atoms with van der Waals surface area (Å²) in [5.41, 5.74) is 6.99. The normalized spacial score (nSPS) is 24.1. The van der Waals surface area contributed by atoms with E-state index in [4.69, 9.17) is 75.8 Å². The lowest BCUT2D eigenvalue weighted by atomic mass is 9.82. The molecule has 1 amide bonds. The van der Waals surface area contributed by atoms with Crippen LogP contribution in [-0.2, 0) is 77.5 Å². The number of fused-ring (bicyclic) bond motifs is 1. The van der Waals surface area contributed by atoms with Gasteiger partial charge in [-0.3, -0.25) is 4.79 Å². The minimum Gasteiger partial charge on any atom is -0.491 e. The lowest BCUT2D eigenvalue weighted by molar-refractivity contribution is -0.274. The first-order valence-corrected chi connectivity index (χ1v) is 47.6. The van der Waals surface area contributed by atoms with Gasteiger partial charge in [-0.1, -0.05) is 194 Å². The van der Waals surface area contributed by atoms with Gasteiger partial charge in [-0.25, -0.2) is 19.2 Å². The largest absolute Gasteiger partial charge is 0.491 e. The number of nitrogens with one attached hydrogen (secondary N) is 1. The van der Waals surface area contributed by atoms with E-state index in [2.05, 4.69) is 88.4 Å². The van der Waals surface area contributed by atoms with E-state index in [9.17, 15) is 24.0 Å². The Morgan fingerprint density at radius 1 is 0.425 bits per heavy atom. The number of carbonyl (C=O) groups excluding carboxylic acids is 5.